The molecule has 0 bridgehead atoms. The zero-order valence-corrected chi connectivity index (χ0v) is 27.7. The molecule has 5 N–H and O–H groups in total. The summed E-state index contributed by atoms with van der Waals surface area (Å²) in [4.78, 5) is 53.4. The van der Waals surface area contributed by atoms with Crippen molar-refractivity contribution in [2.24, 2.45) is 0 Å². The van der Waals surface area contributed by atoms with Crippen LogP contribution in [0.25, 0.3) is 21.9 Å². The number of benzene rings is 4. The lowest BCUT2D eigenvalue weighted by molar-refractivity contribution is -0.124. The molecule has 3 unspecified atom stereocenters. The second-order valence-electron chi connectivity index (χ2n) is 12.2. The molecule has 2 aromatic heterocycles. The summed E-state index contributed by atoms with van der Waals surface area (Å²) in [5.74, 6) is -1.87. The van der Waals surface area contributed by atoms with Crippen LogP contribution < -0.4 is 21.3 Å². The molecule has 0 spiro atoms. The summed E-state index contributed by atoms with van der Waals surface area (Å²) in [7, 11) is 0. The lowest BCUT2D eigenvalue weighted by atomic mass is 10.0. The van der Waals surface area contributed by atoms with Crippen LogP contribution in [0.4, 0.5) is 0 Å². The van der Waals surface area contributed by atoms with Gasteiger partial charge in [-0.25, -0.2) is 0 Å². The van der Waals surface area contributed by atoms with Crippen molar-refractivity contribution in [1.82, 2.24) is 21.3 Å². The summed E-state index contributed by atoms with van der Waals surface area (Å²) < 4.78 is 11.4. The van der Waals surface area contributed by atoms with Crippen LogP contribution >= 0.6 is 0 Å². The van der Waals surface area contributed by atoms with Gasteiger partial charge in [0.15, 0.2) is 11.5 Å². The molecule has 0 aliphatic carbocycles. The molecule has 3 atom stereocenters. The lowest BCUT2D eigenvalue weighted by Gasteiger charge is -2.23. The highest BCUT2D eigenvalue weighted by atomic mass is 16.4. The average Bonchev–Trinajstić information content (AvgIpc) is 3.80. The minimum absolute atomic E-state index is 0.0703. The number of fused-ring (bicyclic) bond motifs is 2. The summed E-state index contributed by atoms with van der Waals surface area (Å²) in [6.07, 6.45) is 0.601. The standard InChI is InChI=1S/C40H38N4O7/c45-25-30(42-38(47)32(22-27-13-5-2-6-14-27)44-40(49)36-24-29-16-8-10-18-34(29)51-36)19-20-41-37(46)31(21-26-11-3-1-4-12-26)43-39(48)35-23-28-15-7-9-17-33(28)50-35/h1-18,23-24,30-32,45H,19-22,25H2,(H,41,46)(H,42,47)(H,43,48)(H,44,49). The van der Waals surface area contributed by atoms with Gasteiger partial charge in [0.2, 0.25) is 11.8 Å². The normalized spacial score (nSPS) is 12.9. The van der Waals surface area contributed by atoms with Gasteiger partial charge in [0, 0.05) is 30.2 Å². The maximum atomic E-state index is 13.6. The molecule has 0 aliphatic rings. The fraction of sp³-hybridized carbons (Fsp3) is 0.200. The molecule has 6 rings (SSSR count). The van der Waals surface area contributed by atoms with E-state index < -0.39 is 48.4 Å². The van der Waals surface area contributed by atoms with Gasteiger partial charge in [-0.2, -0.15) is 0 Å². The van der Waals surface area contributed by atoms with Gasteiger partial charge in [-0.05, 0) is 41.8 Å². The summed E-state index contributed by atoms with van der Waals surface area (Å²) in [5, 5.41) is 22.9. The Hall–Kier alpha value is -6.20. The Morgan fingerprint density at radius 2 is 1.02 bits per heavy atom. The third kappa shape index (κ3) is 9.08. The van der Waals surface area contributed by atoms with Crippen molar-refractivity contribution in [2.75, 3.05) is 13.2 Å². The number of rotatable bonds is 15. The van der Waals surface area contributed by atoms with Gasteiger partial charge >= 0.3 is 0 Å². The third-order valence-electron chi connectivity index (χ3n) is 8.47. The molecule has 11 heteroatoms. The molecule has 4 amide bonds. The van der Waals surface area contributed by atoms with Crippen LogP contribution in [0.3, 0.4) is 0 Å². The first-order valence-corrected chi connectivity index (χ1v) is 16.7. The van der Waals surface area contributed by atoms with Crippen molar-refractivity contribution < 1.29 is 33.1 Å². The topological polar surface area (TPSA) is 163 Å². The molecule has 4 aromatic carbocycles. The number of nitrogens with one attached hydrogen (secondary N) is 4. The molecule has 0 saturated carbocycles. The van der Waals surface area contributed by atoms with E-state index >= 15 is 0 Å². The molecule has 11 nitrogen and oxygen atoms in total. The van der Waals surface area contributed by atoms with E-state index in [1.807, 2.05) is 91.0 Å². The SMILES string of the molecule is O=C(NC(Cc1ccccc1)C(=O)NCCC(CO)NC(=O)C(Cc1ccccc1)NC(=O)c1cc2ccccc2o1)c1cc2ccccc2o1. The number of hydrogen-bond donors (Lipinski definition) is 5. The number of aliphatic hydroxyl groups excluding tert-OH is 1. The first-order chi connectivity index (χ1) is 24.9. The van der Waals surface area contributed by atoms with Gasteiger partial charge in [-0.15, -0.1) is 0 Å². The largest absolute Gasteiger partial charge is 0.451 e. The van der Waals surface area contributed by atoms with Crippen LogP contribution in [-0.2, 0) is 22.4 Å². The fourth-order valence-electron chi connectivity index (χ4n) is 5.77. The molecule has 0 radical (unpaired) electrons. The second-order valence-corrected chi connectivity index (χ2v) is 12.2. The number of aliphatic hydroxyl groups is 1. The molecule has 0 saturated heterocycles. The van der Waals surface area contributed by atoms with Crippen molar-refractivity contribution >= 4 is 45.6 Å². The highest BCUT2D eigenvalue weighted by molar-refractivity contribution is 5.99. The Morgan fingerprint density at radius 3 is 1.49 bits per heavy atom. The van der Waals surface area contributed by atoms with Crippen LogP contribution in [0.5, 0.6) is 0 Å². The predicted octanol–water partition coefficient (Wildman–Crippen LogP) is 4.54. The minimum atomic E-state index is -0.986. The minimum Gasteiger partial charge on any atom is -0.451 e. The van der Waals surface area contributed by atoms with E-state index in [4.69, 9.17) is 8.83 Å². The van der Waals surface area contributed by atoms with Crippen LogP contribution in [-0.4, -0.2) is 60.0 Å². The second kappa shape index (κ2) is 16.5. The van der Waals surface area contributed by atoms with Crippen molar-refractivity contribution in [3.05, 3.63) is 144 Å². The molecule has 0 aliphatic heterocycles. The van der Waals surface area contributed by atoms with E-state index in [-0.39, 0.29) is 37.3 Å². The Labute approximate surface area is 294 Å². The number of amides is 4. The smallest absolute Gasteiger partial charge is 0.287 e. The Bertz CT molecular complexity index is 2040. The van der Waals surface area contributed by atoms with Gasteiger partial charge in [0.25, 0.3) is 11.8 Å². The van der Waals surface area contributed by atoms with Crippen molar-refractivity contribution in [3.63, 3.8) is 0 Å². The molecule has 2 heterocycles. The van der Waals surface area contributed by atoms with E-state index in [1.54, 1.807) is 30.3 Å². The maximum Gasteiger partial charge on any atom is 0.287 e. The maximum absolute atomic E-state index is 13.6. The number of carbonyl (C=O) groups is 4. The molecule has 0 fully saturated rings. The van der Waals surface area contributed by atoms with Crippen LogP contribution in [0.2, 0.25) is 0 Å². The Kier molecular flexibility index (Phi) is 11.2. The van der Waals surface area contributed by atoms with Gasteiger partial charge in [-0.3, -0.25) is 19.2 Å². The summed E-state index contributed by atoms with van der Waals surface area (Å²) in [6, 6.07) is 33.6. The Morgan fingerprint density at radius 1 is 0.569 bits per heavy atom. The van der Waals surface area contributed by atoms with Crippen molar-refractivity contribution in [3.8, 4) is 0 Å². The molecule has 260 valence electrons. The quantitative estimate of drug-likeness (QED) is 0.106. The number of furan rings is 2. The van der Waals surface area contributed by atoms with E-state index in [9.17, 15) is 24.3 Å². The van der Waals surface area contributed by atoms with Gasteiger partial charge < -0.3 is 35.2 Å². The van der Waals surface area contributed by atoms with Gasteiger partial charge in [0.05, 0.1) is 12.6 Å². The van der Waals surface area contributed by atoms with Crippen molar-refractivity contribution in [1.29, 1.82) is 0 Å². The summed E-state index contributed by atoms with van der Waals surface area (Å²) >= 11 is 0. The highest BCUT2D eigenvalue weighted by Gasteiger charge is 2.27. The lowest BCUT2D eigenvalue weighted by Crippen LogP contribution is -2.52. The van der Waals surface area contributed by atoms with Gasteiger partial charge in [-0.1, -0.05) is 97.1 Å². The number of para-hydroxylation sites is 2. The molecule has 6 aromatic rings. The first kappa shape index (κ1) is 34.7. The van der Waals surface area contributed by atoms with E-state index in [1.165, 1.54) is 0 Å². The molecular weight excluding hydrogens is 648 g/mol. The van der Waals surface area contributed by atoms with Gasteiger partial charge in [0.1, 0.15) is 23.2 Å². The highest BCUT2D eigenvalue weighted by Crippen LogP contribution is 2.20. The van der Waals surface area contributed by atoms with E-state index in [0.717, 1.165) is 21.9 Å². The van der Waals surface area contributed by atoms with Crippen LogP contribution in [0, 0.1) is 0 Å². The van der Waals surface area contributed by atoms with Crippen LogP contribution in [0.15, 0.2) is 130 Å². The zero-order valence-electron chi connectivity index (χ0n) is 27.7. The van der Waals surface area contributed by atoms with E-state index in [0.29, 0.717) is 11.2 Å². The molecular formula is C40H38N4O7. The third-order valence-corrected chi connectivity index (χ3v) is 8.47. The van der Waals surface area contributed by atoms with Crippen molar-refractivity contribution in [2.45, 2.75) is 37.4 Å². The van der Waals surface area contributed by atoms with E-state index in [2.05, 4.69) is 21.3 Å². The predicted molar refractivity (Wildman–Crippen MR) is 192 cm³/mol. The average molecular weight is 687 g/mol. The molecule has 51 heavy (non-hydrogen) atoms. The van der Waals surface area contributed by atoms with Crippen LogP contribution in [0.1, 0.15) is 38.7 Å². The zero-order chi connectivity index (χ0) is 35.6. The monoisotopic (exact) mass is 686 g/mol. The number of hydrogen-bond acceptors (Lipinski definition) is 7. The fourth-order valence-corrected chi connectivity index (χ4v) is 5.77. The number of carbonyl (C=O) groups excluding carboxylic acids is 4. The Balaban J connectivity index is 1.08. The summed E-state index contributed by atoms with van der Waals surface area (Å²) in [6.45, 7) is -0.321. The first-order valence-electron chi connectivity index (χ1n) is 16.7. The summed E-state index contributed by atoms with van der Waals surface area (Å²) in [5.41, 5.74) is 2.78.